The zero-order valence-corrected chi connectivity index (χ0v) is 8.99. The minimum Gasteiger partial charge on any atom is -0.496 e. The summed E-state index contributed by atoms with van der Waals surface area (Å²) >= 11 is 0. The minimum atomic E-state index is 0.265. The highest BCUT2D eigenvalue weighted by Crippen LogP contribution is 2.74. The molecule has 15 heavy (non-hydrogen) atoms. The summed E-state index contributed by atoms with van der Waals surface area (Å²) in [5.41, 5.74) is 1.93. The Kier molecular flexibility index (Phi) is 1.70. The van der Waals surface area contributed by atoms with Crippen LogP contribution in [0.1, 0.15) is 24.8 Å². The number of aliphatic hydroxyl groups excluding tert-OH is 1. The molecular weight excluding hydrogens is 188 g/mol. The molecule has 0 radical (unpaired) electrons. The first kappa shape index (κ1) is 9.22. The quantitative estimate of drug-likeness (QED) is 0.817. The Bertz CT molecular complexity index is 378. The maximum absolute atomic E-state index is 9.24. The molecule has 0 spiro atoms. The van der Waals surface area contributed by atoms with Crippen LogP contribution < -0.4 is 4.74 Å². The van der Waals surface area contributed by atoms with Gasteiger partial charge in [0.1, 0.15) is 5.75 Å². The highest BCUT2D eigenvalue weighted by molar-refractivity contribution is 5.47. The maximum Gasteiger partial charge on any atom is 0.122 e. The average molecular weight is 204 g/mol. The lowest BCUT2D eigenvalue weighted by molar-refractivity contribution is -0.168. The van der Waals surface area contributed by atoms with Gasteiger partial charge >= 0.3 is 0 Å². The van der Waals surface area contributed by atoms with Crippen molar-refractivity contribution in [2.75, 3.05) is 13.7 Å². The topological polar surface area (TPSA) is 29.5 Å². The highest BCUT2D eigenvalue weighted by Gasteiger charge is 2.68. The molecule has 4 rings (SSSR count). The molecule has 1 aromatic carbocycles. The van der Waals surface area contributed by atoms with Crippen molar-refractivity contribution in [3.05, 3.63) is 29.8 Å². The molecule has 0 unspecified atom stereocenters. The lowest BCUT2D eigenvalue weighted by Gasteiger charge is -2.70. The first-order valence-electron chi connectivity index (χ1n) is 5.48. The number of aliphatic hydroxyl groups is 1. The highest BCUT2D eigenvalue weighted by atomic mass is 16.5. The van der Waals surface area contributed by atoms with E-state index in [9.17, 15) is 5.11 Å². The van der Waals surface area contributed by atoms with E-state index in [1.807, 2.05) is 12.1 Å². The van der Waals surface area contributed by atoms with Gasteiger partial charge < -0.3 is 9.84 Å². The van der Waals surface area contributed by atoms with Crippen molar-refractivity contribution in [1.29, 1.82) is 0 Å². The van der Waals surface area contributed by atoms with Gasteiger partial charge in [-0.25, -0.2) is 0 Å². The Morgan fingerprint density at radius 1 is 1.27 bits per heavy atom. The molecule has 2 heteroatoms. The second kappa shape index (κ2) is 2.76. The van der Waals surface area contributed by atoms with E-state index in [4.69, 9.17) is 4.74 Å². The van der Waals surface area contributed by atoms with E-state index in [0.29, 0.717) is 12.0 Å². The normalized spacial score (nSPS) is 36.7. The van der Waals surface area contributed by atoms with Gasteiger partial charge in [0.05, 0.1) is 7.11 Å². The van der Waals surface area contributed by atoms with E-state index in [1.165, 1.54) is 5.56 Å². The predicted octanol–water partition coefficient (Wildman–Crippen LogP) is 2.11. The molecule has 3 saturated carbocycles. The molecule has 2 nitrogen and oxygen atoms in total. The average Bonchev–Trinajstić information content (AvgIpc) is 2.15. The van der Waals surface area contributed by atoms with Crippen molar-refractivity contribution in [1.82, 2.24) is 0 Å². The van der Waals surface area contributed by atoms with Crippen molar-refractivity contribution in [2.24, 2.45) is 5.41 Å². The molecule has 1 N–H and O–H groups in total. The maximum atomic E-state index is 9.24. The first-order chi connectivity index (χ1) is 7.24. The van der Waals surface area contributed by atoms with Crippen molar-refractivity contribution in [3.63, 3.8) is 0 Å². The summed E-state index contributed by atoms with van der Waals surface area (Å²) in [4.78, 5) is 0. The minimum absolute atomic E-state index is 0.265. The number of ether oxygens (including phenoxy) is 1. The molecule has 0 aromatic heterocycles. The number of benzene rings is 1. The summed E-state index contributed by atoms with van der Waals surface area (Å²) in [5, 5.41) is 9.24. The fourth-order valence-electron chi connectivity index (χ4n) is 3.53. The van der Waals surface area contributed by atoms with Crippen LogP contribution in [0.15, 0.2) is 24.3 Å². The van der Waals surface area contributed by atoms with Gasteiger partial charge in [0.2, 0.25) is 0 Å². The van der Waals surface area contributed by atoms with Gasteiger partial charge in [-0.05, 0) is 30.7 Å². The molecule has 0 aliphatic heterocycles. The largest absolute Gasteiger partial charge is 0.496 e. The third kappa shape index (κ3) is 1.03. The van der Waals surface area contributed by atoms with E-state index in [0.717, 1.165) is 25.0 Å². The SMILES string of the molecule is COc1ccccc1C12CC(CO)(C1)C2. The van der Waals surface area contributed by atoms with Gasteiger partial charge in [-0.3, -0.25) is 0 Å². The lowest BCUT2D eigenvalue weighted by Crippen LogP contribution is -2.66. The number of methoxy groups -OCH3 is 1. The van der Waals surface area contributed by atoms with Crippen molar-refractivity contribution in [3.8, 4) is 5.75 Å². The van der Waals surface area contributed by atoms with E-state index in [-0.39, 0.29) is 5.41 Å². The van der Waals surface area contributed by atoms with Gasteiger partial charge in [-0.2, -0.15) is 0 Å². The number of hydrogen-bond acceptors (Lipinski definition) is 2. The van der Waals surface area contributed by atoms with Gasteiger partial charge in [0.25, 0.3) is 0 Å². The van der Waals surface area contributed by atoms with Crippen LogP contribution in [0.2, 0.25) is 0 Å². The lowest BCUT2D eigenvalue weighted by atomic mass is 9.34. The summed E-state index contributed by atoms with van der Waals surface area (Å²) in [6.07, 6.45) is 3.41. The Morgan fingerprint density at radius 3 is 2.53 bits per heavy atom. The predicted molar refractivity (Wildman–Crippen MR) is 58.0 cm³/mol. The second-order valence-corrected chi connectivity index (χ2v) is 5.17. The molecule has 2 bridgehead atoms. The summed E-state index contributed by atoms with van der Waals surface area (Å²) in [5.74, 6) is 1.00. The van der Waals surface area contributed by atoms with Crippen LogP contribution >= 0.6 is 0 Å². The molecule has 0 heterocycles. The molecule has 3 fully saturated rings. The smallest absolute Gasteiger partial charge is 0.122 e. The van der Waals surface area contributed by atoms with Crippen LogP contribution in [0.5, 0.6) is 5.75 Å². The Labute approximate surface area is 89.9 Å². The van der Waals surface area contributed by atoms with E-state index in [1.54, 1.807) is 7.11 Å². The van der Waals surface area contributed by atoms with Gasteiger partial charge in [-0.15, -0.1) is 0 Å². The fourth-order valence-corrected chi connectivity index (χ4v) is 3.53. The fraction of sp³-hybridized carbons (Fsp3) is 0.538. The van der Waals surface area contributed by atoms with Crippen molar-refractivity contribution < 1.29 is 9.84 Å². The van der Waals surface area contributed by atoms with Gasteiger partial charge in [-0.1, -0.05) is 18.2 Å². The van der Waals surface area contributed by atoms with Crippen LogP contribution in [0.3, 0.4) is 0 Å². The summed E-state index contributed by atoms with van der Waals surface area (Å²) in [6.45, 7) is 0.351. The summed E-state index contributed by atoms with van der Waals surface area (Å²) < 4.78 is 5.40. The van der Waals surface area contributed by atoms with Crippen LogP contribution in [-0.2, 0) is 5.41 Å². The van der Waals surface area contributed by atoms with Gasteiger partial charge in [0.15, 0.2) is 0 Å². The van der Waals surface area contributed by atoms with E-state index >= 15 is 0 Å². The number of hydrogen-bond donors (Lipinski definition) is 1. The molecule has 3 aliphatic carbocycles. The zero-order chi connectivity index (χ0) is 10.5. The Morgan fingerprint density at radius 2 is 1.93 bits per heavy atom. The van der Waals surface area contributed by atoms with Crippen LogP contribution in [0, 0.1) is 5.41 Å². The first-order valence-corrected chi connectivity index (χ1v) is 5.48. The molecule has 80 valence electrons. The molecule has 3 aliphatic rings. The van der Waals surface area contributed by atoms with Crippen LogP contribution in [-0.4, -0.2) is 18.8 Å². The third-order valence-electron chi connectivity index (χ3n) is 4.15. The van der Waals surface area contributed by atoms with E-state index < -0.39 is 0 Å². The zero-order valence-electron chi connectivity index (χ0n) is 8.99. The number of para-hydroxylation sites is 1. The van der Waals surface area contributed by atoms with Crippen LogP contribution in [0.25, 0.3) is 0 Å². The Balaban J connectivity index is 1.90. The monoisotopic (exact) mass is 204 g/mol. The molecular formula is C13H16O2. The van der Waals surface area contributed by atoms with Crippen molar-refractivity contribution in [2.45, 2.75) is 24.7 Å². The van der Waals surface area contributed by atoms with E-state index in [2.05, 4.69) is 12.1 Å². The molecule has 0 saturated heterocycles. The molecule has 1 aromatic rings. The van der Waals surface area contributed by atoms with Gasteiger partial charge in [0, 0.05) is 17.6 Å². The third-order valence-corrected chi connectivity index (χ3v) is 4.15. The summed E-state index contributed by atoms with van der Waals surface area (Å²) in [6, 6.07) is 8.28. The van der Waals surface area contributed by atoms with Crippen LogP contribution in [0.4, 0.5) is 0 Å². The Hall–Kier alpha value is -1.02. The summed E-state index contributed by atoms with van der Waals surface area (Å²) in [7, 11) is 1.73. The van der Waals surface area contributed by atoms with Crippen molar-refractivity contribution >= 4 is 0 Å². The standard InChI is InChI=1S/C13H16O2/c1-15-11-5-3-2-4-10(11)13-6-12(7-13,8-13)9-14/h2-5,14H,6-9H2,1H3. The molecule has 0 amide bonds. The molecule has 0 atom stereocenters. The number of rotatable bonds is 3. The second-order valence-electron chi connectivity index (χ2n) is 5.17.